The molecule has 2 aromatic rings. The van der Waals surface area contributed by atoms with Crippen molar-refractivity contribution in [2.75, 3.05) is 28.2 Å². The van der Waals surface area contributed by atoms with Gasteiger partial charge in [0, 0.05) is 48.7 Å². The van der Waals surface area contributed by atoms with Crippen molar-refractivity contribution in [3.63, 3.8) is 0 Å². The van der Waals surface area contributed by atoms with Gasteiger partial charge in [-0.25, -0.2) is 0 Å². The number of thiophene rings is 1. The zero-order chi connectivity index (χ0) is 18.7. The fraction of sp³-hybridized carbons (Fsp3) is 0.333. The predicted octanol–water partition coefficient (Wildman–Crippen LogP) is 1.91. The first-order valence-corrected chi connectivity index (χ1v) is 8.39. The molecule has 6 nitrogen and oxygen atoms in total. The van der Waals surface area contributed by atoms with Crippen molar-refractivity contribution in [2.24, 2.45) is 0 Å². The van der Waals surface area contributed by atoms with Gasteiger partial charge in [-0.15, -0.1) is 11.3 Å². The summed E-state index contributed by atoms with van der Waals surface area (Å²) in [5.74, 6) is -0.195. The van der Waals surface area contributed by atoms with E-state index in [1.165, 1.54) is 21.1 Å². The van der Waals surface area contributed by atoms with Crippen LogP contribution in [-0.4, -0.2) is 49.8 Å². The average molecular weight is 354 g/mol. The van der Waals surface area contributed by atoms with Gasteiger partial charge in [-0.05, 0) is 12.1 Å². The summed E-state index contributed by atoms with van der Waals surface area (Å²) in [7, 11) is 6.67. The number of hydrogen-bond acceptors (Lipinski definition) is 5. The Kier molecular flexibility index (Phi) is 5.41. The number of likely N-dealkylation sites (N-methyl/N-ethyl adjacent to an activating group) is 2. The second-order valence-electron chi connectivity index (χ2n) is 6.01. The van der Waals surface area contributed by atoms with Crippen LogP contribution in [0.5, 0.6) is 0 Å². The van der Waals surface area contributed by atoms with Crippen LogP contribution in [0, 0.1) is 22.7 Å². The summed E-state index contributed by atoms with van der Waals surface area (Å²) in [6.07, 6.45) is 0.266. The number of fused-ring (bicyclic) bond motifs is 1. The molecule has 0 saturated carbocycles. The molecule has 0 atom stereocenters. The smallest absolute Gasteiger partial charge is 0.227 e. The van der Waals surface area contributed by atoms with Crippen LogP contribution < -0.4 is 0 Å². The van der Waals surface area contributed by atoms with Crippen LogP contribution in [-0.2, 0) is 22.4 Å². The summed E-state index contributed by atoms with van der Waals surface area (Å²) in [5, 5.41) is 20.1. The molecule has 0 fully saturated rings. The minimum absolute atomic E-state index is 0.0973. The van der Waals surface area contributed by atoms with E-state index in [0.29, 0.717) is 31.7 Å². The maximum Gasteiger partial charge on any atom is 0.227 e. The van der Waals surface area contributed by atoms with Crippen LogP contribution in [0.3, 0.4) is 0 Å². The molecule has 0 unspecified atom stereocenters. The van der Waals surface area contributed by atoms with Gasteiger partial charge in [-0.1, -0.05) is 0 Å². The van der Waals surface area contributed by atoms with E-state index in [-0.39, 0.29) is 24.7 Å². The summed E-state index contributed by atoms with van der Waals surface area (Å²) in [4.78, 5) is 28.7. The molecule has 0 N–H and O–H groups in total. The van der Waals surface area contributed by atoms with Crippen LogP contribution in [0.25, 0.3) is 10.8 Å². The van der Waals surface area contributed by atoms with Gasteiger partial charge in [0.25, 0.3) is 0 Å². The molecule has 0 bridgehead atoms. The summed E-state index contributed by atoms with van der Waals surface area (Å²) in [6.45, 7) is 0. The van der Waals surface area contributed by atoms with Crippen LogP contribution in [0.1, 0.15) is 20.9 Å². The van der Waals surface area contributed by atoms with Crippen LogP contribution in [0.4, 0.5) is 0 Å². The Hall–Kier alpha value is -2.90. The van der Waals surface area contributed by atoms with Crippen molar-refractivity contribution in [2.45, 2.75) is 12.8 Å². The summed E-state index contributed by atoms with van der Waals surface area (Å²) in [6, 6.07) is 7.45. The summed E-state index contributed by atoms with van der Waals surface area (Å²) < 4.78 is 0. The van der Waals surface area contributed by atoms with Crippen molar-refractivity contribution in [1.29, 1.82) is 10.5 Å². The number of carbonyl (C=O) groups is 2. The highest BCUT2D eigenvalue weighted by molar-refractivity contribution is 7.14. The van der Waals surface area contributed by atoms with Gasteiger partial charge in [0.15, 0.2) is 0 Å². The van der Waals surface area contributed by atoms with Crippen molar-refractivity contribution < 1.29 is 9.59 Å². The molecule has 1 aromatic carbocycles. The number of benzene rings is 1. The van der Waals surface area contributed by atoms with Crippen LogP contribution in [0.2, 0.25) is 0 Å². The second kappa shape index (κ2) is 7.33. The SMILES string of the molecule is CN(C)C(=O)Cc1sc(CC(=O)N(C)C)c2c(C#N)ccc(C#N)c12. The molecule has 0 aliphatic heterocycles. The van der Waals surface area contributed by atoms with Gasteiger partial charge >= 0.3 is 0 Å². The molecule has 1 heterocycles. The van der Waals surface area contributed by atoms with Crippen molar-refractivity contribution in [3.05, 3.63) is 33.0 Å². The first-order valence-electron chi connectivity index (χ1n) is 7.57. The Balaban J connectivity index is 2.73. The minimum atomic E-state index is -0.0973. The molecular formula is C18H18N4O2S. The Labute approximate surface area is 150 Å². The van der Waals surface area contributed by atoms with Crippen molar-refractivity contribution in [3.8, 4) is 12.1 Å². The molecule has 0 aliphatic rings. The van der Waals surface area contributed by atoms with Crippen LogP contribution in [0.15, 0.2) is 12.1 Å². The fourth-order valence-electron chi connectivity index (χ4n) is 2.46. The lowest BCUT2D eigenvalue weighted by molar-refractivity contribution is -0.128. The largest absolute Gasteiger partial charge is 0.349 e. The molecule has 0 saturated heterocycles. The van der Waals surface area contributed by atoms with E-state index in [9.17, 15) is 20.1 Å². The van der Waals surface area contributed by atoms with Crippen LogP contribution >= 0.6 is 11.3 Å². The highest BCUT2D eigenvalue weighted by Crippen LogP contribution is 2.37. The topological polar surface area (TPSA) is 88.2 Å². The monoisotopic (exact) mass is 354 g/mol. The highest BCUT2D eigenvalue weighted by atomic mass is 32.1. The Morgan fingerprint density at radius 2 is 1.24 bits per heavy atom. The normalized spacial score (nSPS) is 10.2. The van der Waals surface area contributed by atoms with Crippen molar-refractivity contribution in [1.82, 2.24) is 9.80 Å². The van der Waals surface area contributed by atoms with E-state index in [4.69, 9.17) is 0 Å². The second-order valence-corrected chi connectivity index (χ2v) is 7.20. The fourth-order valence-corrected chi connectivity index (χ4v) is 3.78. The van der Waals surface area contributed by atoms with E-state index in [2.05, 4.69) is 12.1 Å². The molecule has 0 radical (unpaired) electrons. The predicted molar refractivity (Wildman–Crippen MR) is 96.1 cm³/mol. The third-order valence-electron chi connectivity index (χ3n) is 3.87. The maximum absolute atomic E-state index is 12.2. The van der Waals surface area contributed by atoms with E-state index in [1.807, 2.05) is 0 Å². The van der Waals surface area contributed by atoms with Gasteiger partial charge in [-0.2, -0.15) is 10.5 Å². The summed E-state index contributed by atoms with van der Waals surface area (Å²) in [5.41, 5.74) is 0.825. The molecular weight excluding hydrogens is 336 g/mol. The van der Waals surface area contributed by atoms with Gasteiger partial charge in [0.05, 0.1) is 36.1 Å². The Morgan fingerprint density at radius 3 is 1.52 bits per heavy atom. The molecule has 0 aliphatic carbocycles. The standard InChI is InChI=1S/C18H18N4O2S/c1-21(2)15(23)7-13-17-11(9-19)5-6-12(10-20)18(17)14(25-13)8-16(24)22(3)4/h5-6H,7-8H2,1-4H3. The average Bonchev–Trinajstić information content (AvgIpc) is 2.92. The van der Waals surface area contributed by atoms with Gasteiger partial charge < -0.3 is 9.80 Å². The lowest BCUT2D eigenvalue weighted by atomic mass is 9.99. The maximum atomic E-state index is 12.2. The number of amides is 2. The van der Waals surface area contributed by atoms with Gasteiger partial charge in [-0.3, -0.25) is 9.59 Å². The number of nitriles is 2. The molecule has 1 aromatic heterocycles. The molecule has 128 valence electrons. The summed E-state index contributed by atoms with van der Waals surface area (Å²) >= 11 is 1.33. The molecule has 25 heavy (non-hydrogen) atoms. The molecule has 2 rings (SSSR count). The van der Waals surface area contributed by atoms with E-state index in [1.54, 1.807) is 40.3 Å². The van der Waals surface area contributed by atoms with Gasteiger partial charge in [0.1, 0.15) is 0 Å². The van der Waals surface area contributed by atoms with Crippen molar-refractivity contribution >= 4 is 33.9 Å². The third-order valence-corrected chi connectivity index (χ3v) is 5.06. The third kappa shape index (κ3) is 3.62. The molecule has 0 spiro atoms. The number of nitrogens with zero attached hydrogens (tertiary/aromatic N) is 4. The zero-order valence-electron chi connectivity index (χ0n) is 14.6. The highest BCUT2D eigenvalue weighted by Gasteiger charge is 2.22. The van der Waals surface area contributed by atoms with E-state index >= 15 is 0 Å². The van der Waals surface area contributed by atoms with E-state index < -0.39 is 0 Å². The van der Waals surface area contributed by atoms with E-state index in [0.717, 1.165) is 0 Å². The number of rotatable bonds is 4. The molecule has 2 amide bonds. The quantitative estimate of drug-likeness (QED) is 0.839. The lowest BCUT2D eigenvalue weighted by Crippen LogP contribution is -2.23. The number of carbonyl (C=O) groups excluding carboxylic acids is 2. The number of hydrogen-bond donors (Lipinski definition) is 0. The lowest BCUT2D eigenvalue weighted by Gasteiger charge is -2.09. The minimum Gasteiger partial charge on any atom is -0.349 e. The first kappa shape index (κ1) is 18.4. The Morgan fingerprint density at radius 1 is 0.880 bits per heavy atom. The Bertz CT molecular complexity index is 855. The van der Waals surface area contributed by atoms with Gasteiger partial charge in [0.2, 0.25) is 11.8 Å². The zero-order valence-corrected chi connectivity index (χ0v) is 15.4. The first-order chi connectivity index (χ1) is 11.8. The molecule has 7 heteroatoms.